The number of hydrogen-bond acceptors (Lipinski definition) is 3. The van der Waals surface area contributed by atoms with Gasteiger partial charge in [-0.05, 0) is 30.3 Å². The molecule has 1 aliphatic heterocycles. The zero-order chi connectivity index (χ0) is 18.4. The number of benzene rings is 2. The summed E-state index contributed by atoms with van der Waals surface area (Å²) in [5, 5.41) is 12.9. The topological polar surface area (TPSA) is 67.2 Å². The van der Waals surface area contributed by atoms with Crippen LogP contribution in [-0.2, 0) is 11.3 Å². The van der Waals surface area contributed by atoms with Gasteiger partial charge in [0.1, 0.15) is 34.5 Å². The van der Waals surface area contributed by atoms with Crippen LogP contribution in [0, 0.1) is 11.6 Å². The second kappa shape index (κ2) is 6.10. The molecule has 2 heterocycles. The highest BCUT2D eigenvalue weighted by molar-refractivity contribution is 6.31. The molecule has 0 fully saturated rings. The molecule has 4 rings (SSSR count). The molecule has 0 aliphatic carbocycles. The van der Waals surface area contributed by atoms with Crippen molar-refractivity contribution in [1.29, 1.82) is 0 Å². The van der Waals surface area contributed by atoms with E-state index in [4.69, 9.17) is 11.6 Å². The van der Waals surface area contributed by atoms with E-state index >= 15 is 0 Å². The van der Waals surface area contributed by atoms with Gasteiger partial charge in [-0.15, -0.1) is 0 Å². The number of nitrogens with one attached hydrogen (secondary N) is 1. The number of aliphatic hydroxyl groups is 1. The molecule has 5 nitrogen and oxygen atoms in total. The molecule has 2 aromatic carbocycles. The lowest BCUT2D eigenvalue weighted by molar-refractivity contribution is -0.111. The van der Waals surface area contributed by atoms with Gasteiger partial charge < -0.3 is 15.0 Å². The second-order valence-electron chi connectivity index (χ2n) is 5.84. The largest absolute Gasteiger partial charge is 0.511 e. The lowest BCUT2D eigenvalue weighted by Gasteiger charge is -2.19. The molecule has 0 unspecified atom stereocenters. The van der Waals surface area contributed by atoms with Crippen LogP contribution in [0.15, 0.2) is 42.2 Å². The van der Waals surface area contributed by atoms with Crippen molar-refractivity contribution in [2.24, 2.45) is 0 Å². The first-order valence-corrected chi connectivity index (χ1v) is 8.17. The van der Waals surface area contributed by atoms with Gasteiger partial charge in [0.15, 0.2) is 0 Å². The number of rotatable bonds is 2. The quantitative estimate of drug-likeness (QED) is 0.702. The van der Waals surface area contributed by atoms with E-state index in [2.05, 4.69) is 10.3 Å². The molecule has 0 saturated heterocycles. The zero-order valence-corrected chi connectivity index (χ0v) is 14.0. The Hall–Kier alpha value is -2.93. The predicted molar refractivity (Wildman–Crippen MR) is 93.9 cm³/mol. The van der Waals surface area contributed by atoms with Gasteiger partial charge in [0.2, 0.25) is 0 Å². The van der Waals surface area contributed by atoms with Crippen LogP contribution in [0.1, 0.15) is 12.2 Å². The van der Waals surface area contributed by atoms with E-state index in [1.807, 2.05) is 0 Å². The van der Waals surface area contributed by atoms with Gasteiger partial charge in [-0.25, -0.2) is 13.8 Å². The van der Waals surface area contributed by atoms with Crippen LogP contribution in [0.25, 0.3) is 16.6 Å². The molecular formula is C18H12ClF2N3O2. The number of amides is 1. The summed E-state index contributed by atoms with van der Waals surface area (Å²) in [6.45, 7) is 0.421. The summed E-state index contributed by atoms with van der Waals surface area (Å²) in [5.74, 6) is -2.62. The lowest BCUT2D eigenvalue weighted by atomic mass is 10.1. The molecule has 0 radical (unpaired) electrons. The maximum Gasteiger partial charge on any atom is 0.263 e. The monoisotopic (exact) mass is 375 g/mol. The third-order valence-electron chi connectivity index (χ3n) is 4.22. The van der Waals surface area contributed by atoms with Gasteiger partial charge in [0.05, 0.1) is 11.0 Å². The molecule has 0 bridgehead atoms. The number of halogens is 3. The minimum Gasteiger partial charge on any atom is -0.511 e. The van der Waals surface area contributed by atoms with Gasteiger partial charge >= 0.3 is 0 Å². The summed E-state index contributed by atoms with van der Waals surface area (Å²) in [6, 6.07) is 8.37. The Morgan fingerprint density at radius 1 is 1.23 bits per heavy atom. The minimum absolute atomic E-state index is 0.119. The normalized spacial score (nSPS) is 13.8. The van der Waals surface area contributed by atoms with Crippen LogP contribution < -0.4 is 5.32 Å². The van der Waals surface area contributed by atoms with Crippen LogP contribution in [0.3, 0.4) is 0 Å². The van der Waals surface area contributed by atoms with Crippen molar-refractivity contribution in [2.45, 2.75) is 13.0 Å². The van der Waals surface area contributed by atoms with Crippen LogP contribution >= 0.6 is 11.6 Å². The molecule has 2 N–H and O–H groups in total. The third-order valence-corrected chi connectivity index (χ3v) is 4.46. The zero-order valence-electron chi connectivity index (χ0n) is 13.3. The van der Waals surface area contributed by atoms with E-state index in [1.165, 1.54) is 6.07 Å². The van der Waals surface area contributed by atoms with Crippen molar-refractivity contribution in [3.8, 4) is 0 Å². The maximum absolute atomic E-state index is 13.8. The predicted octanol–water partition coefficient (Wildman–Crippen LogP) is 4.28. The van der Waals surface area contributed by atoms with Crippen molar-refractivity contribution in [2.75, 3.05) is 5.32 Å². The Labute approximate surface area is 151 Å². The SMILES string of the molecule is O=C(Nc1c(F)cccc1F)C1=C(O)CCn2c1nc1cc(Cl)ccc12. The Morgan fingerprint density at radius 3 is 2.69 bits per heavy atom. The number of allylic oxidation sites excluding steroid dienone is 1. The molecule has 1 aromatic heterocycles. The standard InChI is InChI=1S/C18H12ClF2N3O2/c19-9-4-5-13-12(8-9)22-17-15(14(25)6-7-24(13)17)18(26)23-16-10(20)2-1-3-11(16)21/h1-5,8,25H,6-7H2,(H,23,26). The van der Waals surface area contributed by atoms with Crippen LogP contribution in [-0.4, -0.2) is 20.6 Å². The number of carbonyl (C=O) groups is 1. The molecule has 0 saturated carbocycles. The van der Waals surface area contributed by atoms with Crippen molar-refractivity contribution in [3.05, 3.63) is 64.6 Å². The number of anilines is 1. The molecule has 132 valence electrons. The Kier molecular flexibility index (Phi) is 3.88. The molecule has 3 aromatic rings. The molecule has 8 heteroatoms. The summed E-state index contributed by atoms with van der Waals surface area (Å²) in [4.78, 5) is 17.0. The minimum atomic E-state index is -0.908. The highest BCUT2D eigenvalue weighted by atomic mass is 35.5. The average Bonchev–Trinajstić information content (AvgIpc) is 2.95. The fourth-order valence-electron chi connectivity index (χ4n) is 3.02. The maximum atomic E-state index is 13.8. The third kappa shape index (κ3) is 2.61. The van der Waals surface area contributed by atoms with Crippen molar-refractivity contribution in [3.63, 3.8) is 0 Å². The van der Waals surface area contributed by atoms with E-state index in [1.54, 1.807) is 22.8 Å². The van der Waals surface area contributed by atoms with E-state index in [9.17, 15) is 18.7 Å². The van der Waals surface area contributed by atoms with Gasteiger partial charge in [-0.3, -0.25) is 4.79 Å². The first-order valence-electron chi connectivity index (χ1n) is 7.79. The first-order chi connectivity index (χ1) is 12.5. The van der Waals surface area contributed by atoms with Gasteiger partial charge in [-0.1, -0.05) is 17.7 Å². The Bertz CT molecular complexity index is 1070. The van der Waals surface area contributed by atoms with E-state index in [0.717, 1.165) is 17.6 Å². The number of hydrogen-bond donors (Lipinski definition) is 2. The Morgan fingerprint density at radius 2 is 1.96 bits per heavy atom. The number of para-hydroxylation sites is 1. The summed E-state index contributed by atoms with van der Waals surface area (Å²) in [5.41, 5.74) is 0.615. The van der Waals surface area contributed by atoms with Crippen molar-refractivity contribution >= 4 is 39.8 Å². The molecule has 0 spiro atoms. The summed E-state index contributed by atoms with van der Waals surface area (Å²) in [7, 11) is 0. The van der Waals surface area contributed by atoms with E-state index in [0.29, 0.717) is 17.1 Å². The number of aromatic nitrogens is 2. The van der Waals surface area contributed by atoms with Crippen molar-refractivity contribution in [1.82, 2.24) is 9.55 Å². The van der Waals surface area contributed by atoms with Gasteiger partial charge in [0, 0.05) is 18.0 Å². The second-order valence-corrected chi connectivity index (χ2v) is 6.28. The first kappa shape index (κ1) is 16.5. The number of aliphatic hydroxyl groups excluding tert-OH is 1. The summed E-state index contributed by atoms with van der Waals surface area (Å²) in [6.07, 6.45) is 0.198. The van der Waals surface area contributed by atoms with Crippen LogP contribution in [0.4, 0.5) is 14.5 Å². The van der Waals surface area contributed by atoms with Crippen LogP contribution in [0.5, 0.6) is 0 Å². The lowest BCUT2D eigenvalue weighted by Crippen LogP contribution is -2.23. The number of carbonyl (C=O) groups excluding carboxylic acids is 1. The fourth-order valence-corrected chi connectivity index (χ4v) is 3.18. The number of fused-ring (bicyclic) bond motifs is 3. The molecule has 1 amide bonds. The van der Waals surface area contributed by atoms with Gasteiger partial charge in [-0.2, -0.15) is 0 Å². The fraction of sp³-hybridized carbons (Fsp3) is 0.111. The van der Waals surface area contributed by atoms with Crippen molar-refractivity contribution < 1.29 is 18.7 Å². The summed E-state index contributed by atoms with van der Waals surface area (Å²) >= 11 is 5.98. The smallest absolute Gasteiger partial charge is 0.263 e. The Balaban J connectivity index is 1.79. The van der Waals surface area contributed by atoms with Crippen LogP contribution in [0.2, 0.25) is 5.02 Å². The molecule has 26 heavy (non-hydrogen) atoms. The summed E-state index contributed by atoms with van der Waals surface area (Å²) < 4.78 is 29.4. The number of nitrogens with zero attached hydrogens (tertiary/aromatic N) is 2. The molecule has 1 aliphatic rings. The van der Waals surface area contributed by atoms with Gasteiger partial charge in [0.25, 0.3) is 5.91 Å². The van der Waals surface area contributed by atoms with E-state index in [-0.39, 0.29) is 23.6 Å². The number of aryl methyl sites for hydroxylation is 1. The highest BCUT2D eigenvalue weighted by Gasteiger charge is 2.29. The van der Waals surface area contributed by atoms with E-state index < -0.39 is 23.2 Å². The highest BCUT2D eigenvalue weighted by Crippen LogP contribution is 2.32. The number of imidazole rings is 1. The average molecular weight is 376 g/mol. The molecule has 0 atom stereocenters. The molecular weight excluding hydrogens is 364 g/mol.